The highest BCUT2D eigenvalue weighted by atomic mass is 35.5. The topological polar surface area (TPSA) is 90.2 Å². The highest BCUT2D eigenvalue weighted by Crippen LogP contribution is 2.32. The minimum atomic E-state index is -1.36. The van der Waals surface area contributed by atoms with Crippen LogP contribution >= 0.6 is 11.6 Å². The van der Waals surface area contributed by atoms with Gasteiger partial charge in [-0.25, -0.2) is 0 Å². The van der Waals surface area contributed by atoms with E-state index in [0.717, 1.165) is 0 Å². The van der Waals surface area contributed by atoms with Crippen molar-refractivity contribution in [3.05, 3.63) is 34.9 Å². The number of halogens is 1. The maximum absolute atomic E-state index is 9.89. The Kier molecular flexibility index (Phi) is 4.21. The average molecular weight is 275 g/mol. The first-order chi connectivity index (χ1) is 8.54. The van der Waals surface area contributed by atoms with Crippen LogP contribution in [0.2, 0.25) is 5.02 Å². The van der Waals surface area contributed by atoms with Gasteiger partial charge in [-0.05, 0) is 17.7 Å². The average Bonchev–Trinajstić information content (AvgIpc) is 2.38. The van der Waals surface area contributed by atoms with Crippen molar-refractivity contribution < 1.29 is 25.2 Å². The Morgan fingerprint density at radius 2 is 1.61 bits per heavy atom. The van der Waals surface area contributed by atoms with Crippen LogP contribution in [0.15, 0.2) is 24.3 Å². The van der Waals surface area contributed by atoms with Gasteiger partial charge in [0.05, 0.1) is 6.61 Å². The van der Waals surface area contributed by atoms with E-state index >= 15 is 0 Å². The molecule has 4 N–H and O–H groups in total. The largest absolute Gasteiger partial charge is 0.394 e. The van der Waals surface area contributed by atoms with Gasteiger partial charge in [-0.2, -0.15) is 0 Å². The van der Waals surface area contributed by atoms with Gasteiger partial charge in [-0.1, -0.05) is 23.7 Å². The molecule has 5 atom stereocenters. The normalized spacial score (nSPS) is 36.6. The highest BCUT2D eigenvalue weighted by molar-refractivity contribution is 6.30. The van der Waals surface area contributed by atoms with E-state index < -0.39 is 37.1 Å². The lowest BCUT2D eigenvalue weighted by Gasteiger charge is -2.40. The quantitative estimate of drug-likeness (QED) is 0.602. The van der Waals surface area contributed by atoms with Crippen molar-refractivity contribution >= 4 is 11.6 Å². The van der Waals surface area contributed by atoms with Crippen LogP contribution in [0.4, 0.5) is 0 Å². The fraction of sp³-hybridized carbons (Fsp3) is 0.500. The Morgan fingerprint density at radius 3 is 2.17 bits per heavy atom. The fourth-order valence-corrected chi connectivity index (χ4v) is 2.16. The van der Waals surface area contributed by atoms with E-state index in [9.17, 15) is 15.3 Å². The summed E-state index contributed by atoms with van der Waals surface area (Å²) in [5.74, 6) is 0. The summed E-state index contributed by atoms with van der Waals surface area (Å²) < 4.78 is 5.40. The maximum Gasteiger partial charge on any atom is 0.113 e. The van der Waals surface area contributed by atoms with Crippen LogP contribution in [-0.2, 0) is 4.74 Å². The Balaban J connectivity index is 2.24. The SMILES string of the molecule is OC[C@H]1O[C@@H](c2ccc(Cl)cc2)[C@H](O)[C@@H](O)[C@@H]1O. The molecule has 100 valence electrons. The van der Waals surface area contributed by atoms with E-state index in [1.54, 1.807) is 24.3 Å². The minimum absolute atomic E-state index is 0.435. The summed E-state index contributed by atoms with van der Waals surface area (Å²) in [7, 11) is 0. The molecule has 0 spiro atoms. The van der Waals surface area contributed by atoms with Crippen LogP contribution in [0.1, 0.15) is 11.7 Å². The minimum Gasteiger partial charge on any atom is -0.394 e. The second-order valence-corrected chi connectivity index (χ2v) is 4.74. The molecule has 1 heterocycles. The van der Waals surface area contributed by atoms with Gasteiger partial charge in [-0.3, -0.25) is 0 Å². The third-order valence-electron chi connectivity index (χ3n) is 3.09. The van der Waals surface area contributed by atoms with Gasteiger partial charge in [0.2, 0.25) is 0 Å². The molecule has 0 unspecified atom stereocenters. The van der Waals surface area contributed by atoms with Crippen LogP contribution in [0, 0.1) is 0 Å². The third-order valence-corrected chi connectivity index (χ3v) is 3.34. The zero-order valence-electron chi connectivity index (χ0n) is 9.48. The van der Waals surface area contributed by atoms with Crippen molar-refractivity contribution in [2.45, 2.75) is 30.5 Å². The summed E-state index contributed by atoms with van der Waals surface area (Å²) in [4.78, 5) is 0. The van der Waals surface area contributed by atoms with Crippen LogP contribution in [0.25, 0.3) is 0 Å². The Hall–Kier alpha value is -0.690. The molecule has 0 aromatic heterocycles. The van der Waals surface area contributed by atoms with Gasteiger partial charge in [0.15, 0.2) is 0 Å². The first kappa shape index (κ1) is 13.7. The van der Waals surface area contributed by atoms with Gasteiger partial charge in [0.1, 0.15) is 30.5 Å². The molecule has 1 fully saturated rings. The molecule has 0 radical (unpaired) electrons. The summed E-state index contributed by atoms with van der Waals surface area (Å²) in [6.45, 7) is -0.435. The van der Waals surface area contributed by atoms with Crippen LogP contribution in [-0.4, -0.2) is 51.4 Å². The van der Waals surface area contributed by atoms with Crippen molar-refractivity contribution in [3.63, 3.8) is 0 Å². The molecule has 1 saturated heterocycles. The van der Waals surface area contributed by atoms with Crippen LogP contribution in [0.3, 0.4) is 0 Å². The van der Waals surface area contributed by atoms with E-state index in [0.29, 0.717) is 10.6 Å². The molecule has 18 heavy (non-hydrogen) atoms. The molecule has 0 saturated carbocycles. The van der Waals surface area contributed by atoms with E-state index in [1.807, 2.05) is 0 Å². The molecule has 1 aromatic rings. The Labute approximate surface area is 109 Å². The molecule has 1 aliphatic rings. The molecule has 0 amide bonds. The Morgan fingerprint density at radius 1 is 1.00 bits per heavy atom. The van der Waals surface area contributed by atoms with Gasteiger partial charge < -0.3 is 25.2 Å². The predicted octanol–water partition coefficient (Wildman–Crippen LogP) is -0.145. The number of hydrogen-bond acceptors (Lipinski definition) is 5. The highest BCUT2D eigenvalue weighted by Gasteiger charge is 2.43. The van der Waals surface area contributed by atoms with Crippen LogP contribution in [0.5, 0.6) is 0 Å². The second-order valence-electron chi connectivity index (χ2n) is 4.30. The summed E-state index contributed by atoms with van der Waals surface area (Å²) in [5, 5.41) is 38.8. The molecule has 0 bridgehead atoms. The lowest BCUT2D eigenvalue weighted by Crippen LogP contribution is -2.55. The number of ether oxygens (including phenoxy) is 1. The van der Waals surface area contributed by atoms with Crippen molar-refractivity contribution in [3.8, 4) is 0 Å². The fourth-order valence-electron chi connectivity index (χ4n) is 2.03. The van der Waals surface area contributed by atoms with Crippen LogP contribution < -0.4 is 0 Å². The van der Waals surface area contributed by atoms with Crippen molar-refractivity contribution in [1.29, 1.82) is 0 Å². The van der Waals surface area contributed by atoms with E-state index in [2.05, 4.69) is 0 Å². The smallest absolute Gasteiger partial charge is 0.113 e. The van der Waals surface area contributed by atoms with Gasteiger partial charge >= 0.3 is 0 Å². The zero-order chi connectivity index (χ0) is 13.3. The lowest BCUT2D eigenvalue weighted by atomic mass is 9.91. The van der Waals surface area contributed by atoms with E-state index in [-0.39, 0.29) is 0 Å². The summed E-state index contributed by atoms with van der Waals surface area (Å²) >= 11 is 5.76. The first-order valence-corrected chi connectivity index (χ1v) is 5.98. The molecule has 1 aromatic carbocycles. The molecule has 1 aliphatic heterocycles. The molecule has 5 nitrogen and oxygen atoms in total. The number of hydrogen-bond donors (Lipinski definition) is 4. The summed E-state index contributed by atoms with van der Waals surface area (Å²) in [6, 6.07) is 6.60. The van der Waals surface area contributed by atoms with Gasteiger partial charge in [-0.15, -0.1) is 0 Å². The van der Waals surface area contributed by atoms with E-state index in [1.165, 1.54) is 0 Å². The number of rotatable bonds is 2. The van der Waals surface area contributed by atoms with Gasteiger partial charge in [0.25, 0.3) is 0 Å². The van der Waals surface area contributed by atoms with Crippen molar-refractivity contribution in [2.75, 3.05) is 6.61 Å². The Bertz CT molecular complexity index is 394. The summed E-state index contributed by atoms with van der Waals surface area (Å²) in [5.41, 5.74) is 0.622. The first-order valence-electron chi connectivity index (χ1n) is 5.60. The number of aliphatic hydroxyl groups excluding tert-OH is 4. The number of benzene rings is 1. The zero-order valence-corrected chi connectivity index (χ0v) is 10.2. The predicted molar refractivity (Wildman–Crippen MR) is 64.2 cm³/mol. The monoisotopic (exact) mass is 274 g/mol. The molecule has 2 rings (SSSR count). The molecule has 6 heteroatoms. The molecule has 0 aliphatic carbocycles. The lowest BCUT2D eigenvalue weighted by molar-refractivity contribution is -0.231. The van der Waals surface area contributed by atoms with E-state index in [4.69, 9.17) is 21.4 Å². The van der Waals surface area contributed by atoms with Crippen molar-refractivity contribution in [2.24, 2.45) is 0 Å². The molecular weight excluding hydrogens is 260 g/mol. The number of aliphatic hydroxyl groups is 4. The maximum atomic E-state index is 9.89. The second kappa shape index (κ2) is 5.52. The van der Waals surface area contributed by atoms with Crippen molar-refractivity contribution in [1.82, 2.24) is 0 Å². The summed E-state index contributed by atoms with van der Waals surface area (Å²) in [6.07, 6.45) is -5.67. The standard InChI is InChI=1S/C12H15ClO5/c13-7-3-1-6(2-4-7)12-11(17)10(16)9(15)8(5-14)18-12/h1-4,8-12,14-17H,5H2/t8-,9-,10+,11-,12+/m1/s1. The molecular formula is C12H15ClO5. The third kappa shape index (κ3) is 2.51. The van der Waals surface area contributed by atoms with Gasteiger partial charge in [0, 0.05) is 5.02 Å².